The largest absolute Gasteiger partial charge is 0.390 e. The number of aliphatic imine (C=N–C) groups is 1. The van der Waals surface area contributed by atoms with E-state index >= 15 is 0 Å². The van der Waals surface area contributed by atoms with E-state index < -0.39 is 0 Å². The van der Waals surface area contributed by atoms with Crippen LogP contribution >= 0.6 is 0 Å². The van der Waals surface area contributed by atoms with Crippen molar-refractivity contribution >= 4 is 6.21 Å². The summed E-state index contributed by atoms with van der Waals surface area (Å²) < 4.78 is 0. The zero-order valence-electron chi connectivity index (χ0n) is 8.02. The molecule has 2 heteroatoms. The number of hydrogen-bond acceptors (Lipinski definition) is 2. The molecule has 1 N–H and O–H groups in total. The standard InChI is InChI=1S/C10H16N2/c1-4-12-10-7-8(2)5-6-9(10)11-3/h4,7,11H,5-6H2,1-3H3. The molecule has 0 saturated carbocycles. The van der Waals surface area contributed by atoms with E-state index in [9.17, 15) is 0 Å². The Bertz CT molecular complexity index is 247. The van der Waals surface area contributed by atoms with Crippen molar-refractivity contribution in [2.45, 2.75) is 26.7 Å². The summed E-state index contributed by atoms with van der Waals surface area (Å²) in [6.07, 6.45) is 6.22. The Morgan fingerprint density at radius 1 is 1.50 bits per heavy atom. The van der Waals surface area contributed by atoms with Gasteiger partial charge in [-0.2, -0.15) is 0 Å². The van der Waals surface area contributed by atoms with Crippen LogP contribution in [0.5, 0.6) is 0 Å². The van der Waals surface area contributed by atoms with E-state index in [4.69, 9.17) is 0 Å². The Hall–Kier alpha value is -1.05. The highest BCUT2D eigenvalue weighted by Crippen LogP contribution is 2.22. The Balaban J connectivity index is 2.92. The zero-order chi connectivity index (χ0) is 8.97. The Morgan fingerprint density at radius 2 is 2.25 bits per heavy atom. The number of nitrogens with zero attached hydrogens (tertiary/aromatic N) is 1. The van der Waals surface area contributed by atoms with Crippen LogP contribution in [0.2, 0.25) is 0 Å². The fraction of sp³-hybridized carbons (Fsp3) is 0.500. The number of allylic oxidation sites excluding steroid dienone is 3. The number of rotatable bonds is 2. The fourth-order valence-corrected chi connectivity index (χ4v) is 1.35. The van der Waals surface area contributed by atoms with Gasteiger partial charge < -0.3 is 5.32 Å². The third kappa shape index (κ3) is 1.97. The first-order chi connectivity index (χ1) is 5.77. The molecule has 0 fully saturated rings. The molecule has 0 atom stereocenters. The van der Waals surface area contributed by atoms with Crippen molar-refractivity contribution in [3.8, 4) is 0 Å². The summed E-state index contributed by atoms with van der Waals surface area (Å²) in [4.78, 5) is 4.30. The first-order valence-corrected chi connectivity index (χ1v) is 4.34. The third-order valence-corrected chi connectivity index (χ3v) is 2.03. The van der Waals surface area contributed by atoms with Gasteiger partial charge in [0, 0.05) is 19.0 Å². The second-order valence-corrected chi connectivity index (χ2v) is 2.99. The molecule has 0 aliphatic heterocycles. The lowest BCUT2D eigenvalue weighted by atomic mass is 10.0. The van der Waals surface area contributed by atoms with Crippen LogP contribution < -0.4 is 5.32 Å². The molecule has 0 heterocycles. The van der Waals surface area contributed by atoms with E-state index in [1.807, 2.05) is 20.2 Å². The first-order valence-electron chi connectivity index (χ1n) is 4.34. The van der Waals surface area contributed by atoms with E-state index in [1.54, 1.807) is 0 Å². The lowest BCUT2D eigenvalue weighted by molar-refractivity contribution is 0.794. The van der Waals surface area contributed by atoms with Crippen molar-refractivity contribution < 1.29 is 0 Å². The van der Waals surface area contributed by atoms with Crippen LogP contribution in [0.1, 0.15) is 26.7 Å². The van der Waals surface area contributed by atoms with Gasteiger partial charge in [0.15, 0.2) is 0 Å². The van der Waals surface area contributed by atoms with Crippen LogP contribution in [0, 0.1) is 0 Å². The van der Waals surface area contributed by atoms with Gasteiger partial charge in [0.2, 0.25) is 0 Å². The molecule has 0 aromatic carbocycles. The molecule has 12 heavy (non-hydrogen) atoms. The van der Waals surface area contributed by atoms with E-state index in [1.165, 1.54) is 11.3 Å². The molecule has 0 unspecified atom stereocenters. The van der Waals surface area contributed by atoms with Gasteiger partial charge in [-0.05, 0) is 32.8 Å². The van der Waals surface area contributed by atoms with E-state index in [0.29, 0.717) is 0 Å². The monoisotopic (exact) mass is 164 g/mol. The molecule has 0 spiro atoms. The van der Waals surface area contributed by atoms with Crippen LogP contribution in [-0.4, -0.2) is 13.3 Å². The van der Waals surface area contributed by atoms with Crippen molar-refractivity contribution in [3.05, 3.63) is 23.0 Å². The van der Waals surface area contributed by atoms with Crippen molar-refractivity contribution in [3.63, 3.8) is 0 Å². The molecule has 0 aromatic heterocycles. The van der Waals surface area contributed by atoms with E-state index in [0.717, 1.165) is 18.5 Å². The van der Waals surface area contributed by atoms with Crippen LogP contribution in [0.3, 0.4) is 0 Å². The maximum Gasteiger partial charge on any atom is 0.0814 e. The van der Waals surface area contributed by atoms with Crippen molar-refractivity contribution in [1.29, 1.82) is 0 Å². The Morgan fingerprint density at radius 3 is 2.83 bits per heavy atom. The molecular formula is C10H16N2. The quantitative estimate of drug-likeness (QED) is 0.622. The highest BCUT2D eigenvalue weighted by Gasteiger charge is 2.07. The van der Waals surface area contributed by atoms with Gasteiger partial charge in [-0.15, -0.1) is 0 Å². The average Bonchev–Trinajstić information content (AvgIpc) is 2.05. The van der Waals surface area contributed by atoms with Gasteiger partial charge in [-0.3, -0.25) is 4.99 Å². The minimum absolute atomic E-state index is 1.09. The summed E-state index contributed by atoms with van der Waals surface area (Å²) in [6, 6.07) is 0. The van der Waals surface area contributed by atoms with Gasteiger partial charge in [-0.25, -0.2) is 0 Å². The first kappa shape index (κ1) is 9.04. The smallest absolute Gasteiger partial charge is 0.0814 e. The predicted molar refractivity (Wildman–Crippen MR) is 53.2 cm³/mol. The second kappa shape index (κ2) is 4.10. The molecule has 66 valence electrons. The summed E-state index contributed by atoms with van der Waals surface area (Å²) in [5, 5.41) is 3.18. The molecule has 1 aliphatic rings. The van der Waals surface area contributed by atoms with Gasteiger partial charge in [0.1, 0.15) is 0 Å². The highest BCUT2D eigenvalue weighted by atomic mass is 14.9. The summed E-state index contributed by atoms with van der Waals surface area (Å²) in [7, 11) is 1.95. The summed E-state index contributed by atoms with van der Waals surface area (Å²) in [6.45, 7) is 4.09. The molecule has 1 rings (SSSR count). The normalized spacial score (nSPS) is 18.4. The lowest BCUT2D eigenvalue weighted by Gasteiger charge is -2.15. The van der Waals surface area contributed by atoms with Crippen LogP contribution in [0.4, 0.5) is 0 Å². The summed E-state index contributed by atoms with van der Waals surface area (Å²) in [5.74, 6) is 0. The minimum Gasteiger partial charge on any atom is -0.390 e. The zero-order valence-corrected chi connectivity index (χ0v) is 8.02. The summed E-state index contributed by atoms with van der Waals surface area (Å²) in [5.41, 5.74) is 3.75. The summed E-state index contributed by atoms with van der Waals surface area (Å²) >= 11 is 0. The van der Waals surface area contributed by atoms with Crippen molar-refractivity contribution in [2.24, 2.45) is 4.99 Å². The molecule has 0 radical (unpaired) electrons. The van der Waals surface area contributed by atoms with Crippen LogP contribution in [-0.2, 0) is 0 Å². The van der Waals surface area contributed by atoms with Crippen LogP contribution in [0.15, 0.2) is 28.0 Å². The van der Waals surface area contributed by atoms with Gasteiger partial charge in [0.25, 0.3) is 0 Å². The topological polar surface area (TPSA) is 24.4 Å². The predicted octanol–water partition coefficient (Wildman–Crippen LogP) is 2.25. The highest BCUT2D eigenvalue weighted by molar-refractivity contribution is 5.57. The maximum atomic E-state index is 4.30. The third-order valence-electron chi connectivity index (χ3n) is 2.03. The Kier molecular flexibility index (Phi) is 3.09. The molecule has 0 bridgehead atoms. The average molecular weight is 164 g/mol. The molecule has 2 nitrogen and oxygen atoms in total. The molecule has 1 aliphatic carbocycles. The maximum absolute atomic E-state index is 4.30. The second-order valence-electron chi connectivity index (χ2n) is 2.99. The van der Waals surface area contributed by atoms with Gasteiger partial charge in [-0.1, -0.05) is 5.57 Å². The fourth-order valence-electron chi connectivity index (χ4n) is 1.35. The Labute approximate surface area is 74.1 Å². The minimum atomic E-state index is 1.09. The molecule has 0 amide bonds. The van der Waals surface area contributed by atoms with Gasteiger partial charge in [0.05, 0.1) is 5.70 Å². The van der Waals surface area contributed by atoms with Crippen LogP contribution in [0.25, 0.3) is 0 Å². The lowest BCUT2D eigenvalue weighted by Crippen LogP contribution is -2.11. The molecular weight excluding hydrogens is 148 g/mol. The number of hydrogen-bond donors (Lipinski definition) is 1. The number of nitrogens with one attached hydrogen (secondary N) is 1. The molecule has 0 aromatic rings. The van der Waals surface area contributed by atoms with Crippen molar-refractivity contribution in [1.82, 2.24) is 5.32 Å². The SMILES string of the molecule is CC=NC1=C(NC)CCC(C)=C1. The molecule has 0 saturated heterocycles. The van der Waals surface area contributed by atoms with Crippen molar-refractivity contribution in [2.75, 3.05) is 7.05 Å². The van der Waals surface area contributed by atoms with E-state index in [2.05, 4.69) is 23.3 Å². The van der Waals surface area contributed by atoms with E-state index in [-0.39, 0.29) is 0 Å². The van der Waals surface area contributed by atoms with Gasteiger partial charge >= 0.3 is 0 Å².